The molecule has 0 aliphatic heterocycles. The maximum absolute atomic E-state index is 6.01. The summed E-state index contributed by atoms with van der Waals surface area (Å²) in [6, 6.07) is 13.7. The average molecular weight is 344 g/mol. The van der Waals surface area contributed by atoms with Crippen molar-refractivity contribution in [1.82, 2.24) is 9.97 Å². The van der Waals surface area contributed by atoms with E-state index in [1.165, 1.54) is 0 Å². The van der Waals surface area contributed by atoms with Gasteiger partial charge in [0, 0.05) is 11.5 Å². The highest BCUT2D eigenvalue weighted by Gasteiger charge is 2.10. The molecule has 0 aliphatic rings. The van der Waals surface area contributed by atoms with Crippen LogP contribution in [0.3, 0.4) is 0 Å². The van der Waals surface area contributed by atoms with Gasteiger partial charge in [0.15, 0.2) is 0 Å². The Morgan fingerprint density at radius 1 is 1.10 bits per heavy atom. The summed E-state index contributed by atoms with van der Waals surface area (Å²) in [5.41, 5.74) is 1.89. The Labute approximate surface area is 131 Å². The lowest BCUT2D eigenvalue weighted by Gasteiger charge is -2.11. The van der Waals surface area contributed by atoms with Crippen LogP contribution in [0, 0.1) is 6.92 Å². The molecule has 4 nitrogen and oxygen atoms in total. The first-order chi connectivity index (χ1) is 10.2. The highest BCUT2D eigenvalue weighted by atomic mass is 79.9. The van der Waals surface area contributed by atoms with Crippen LogP contribution >= 0.6 is 15.9 Å². The second-order valence-electron chi connectivity index (χ2n) is 4.63. The smallest absolute Gasteiger partial charge is 0.231 e. The minimum atomic E-state index is 0.540. The molecule has 2 aromatic carbocycles. The van der Waals surface area contributed by atoms with Crippen LogP contribution in [0.4, 0.5) is 5.95 Å². The molecule has 0 atom stereocenters. The fraction of sp³-hybridized carbons (Fsp3) is 0.125. The number of hydrogen-bond acceptors (Lipinski definition) is 4. The van der Waals surface area contributed by atoms with Gasteiger partial charge in [0.1, 0.15) is 5.75 Å². The zero-order valence-corrected chi connectivity index (χ0v) is 13.3. The third-order valence-electron chi connectivity index (χ3n) is 3.14. The lowest BCUT2D eigenvalue weighted by atomic mass is 10.2. The van der Waals surface area contributed by atoms with Crippen molar-refractivity contribution in [3.63, 3.8) is 0 Å². The Bertz CT molecular complexity index is 805. The number of para-hydroxylation sites is 1. The number of nitrogens with zero attached hydrogens (tertiary/aromatic N) is 2. The monoisotopic (exact) mass is 343 g/mol. The lowest BCUT2D eigenvalue weighted by Crippen LogP contribution is -2.00. The molecule has 106 valence electrons. The van der Waals surface area contributed by atoms with E-state index in [0.717, 1.165) is 26.7 Å². The number of hydrogen-bond donors (Lipinski definition) is 1. The van der Waals surface area contributed by atoms with Crippen molar-refractivity contribution in [1.29, 1.82) is 0 Å². The Hall–Kier alpha value is -2.14. The highest BCUT2D eigenvalue weighted by molar-refractivity contribution is 9.10. The molecular formula is C16H14BrN3O. The van der Waals surface area contributed by atoms with Crippen molar-refractivity contribution in [2.24, 2.45) is 0 Å². The summed E-state index contributed by atoms with van der Waals surface area (Å²) < 4.78 is 7.03. The summed E-state index contributed by atoms with van der Waals surface area (Å²) in [5, 5.41) is 3.85. The van der Waals surface area contributed by atoms with E-state index >= 15 is 0 Å². The van der Waals surface area contributed by atoms with E-state index in [0.29, 0.717) is 11.8 Å². The van der Waals surface area contributed by atoms with Gasteiger partial charge in [-0.2, -0.15) is 4.98 Å². The van der Waals surface area contributed by atoms with Gasteiger partial charge < -0.3 is 10.1 Å². The molecule has 0 bridgehead atoms. The third-order valence-corrected chi connectivity index (χ3v) is 3.63. The fourth-order valence-electron chi connectivity index (χ4n) is 2.07. The van der Waals surface area contributed by atoms with Gasteiger partial charge in [-0.25, -0.2) is 4.98 Å². The number of anilines is 1. The number of benzene rings is 2. The Morgan fingerprint density at radius 2 is 1.90 bits per heavy atom. The molecule has 0 unspecified atom stereocenters. The van der Waals surface area contributed by atoms with Crippen molar-refractivity contribution in [2.75, 3.05) is 12.4 Å². The molecular weight excluding hydrogens is 330 g/mol. The van der Waals surface area contributed by atoms with Gasteiger partial charge in [-0.1, -0.05) is 28.1 Å². The first-order valence-corrected chi connectivity index (χ1v) is 7.35. The van der Waals surface area contributed by atoms with E-state index < -0.39 is 0 Å². The Balaban J connectivity index is 2.10. The maximum Gasteiger partial charge on any atom is 0.231 e. The molecule has 0 radical (unpaired) electrons. The van der Waals surface area contributed by atoms with Crippen LogP contribution in [0.5, 0.6) is 11.6 Å². The predicted octanol–water partition coefficient (Wildman–Crippen LogP) is 4.53. The number of aromatic nitrogens is 2. The summed E-state index contributed by atoms with van der Waals surface area (Å²) in [6.07, 6.45) is 0. The Kier molecular flexibility index (Phi) is 3.75. The summed E-state index contributed by atoms with van der Waals surface area (Å²) >= 11 is 3.45. The van der Waals surface area contributed by atoms with Gasteiger partial charge in [0.2, 0.25) is 11.8 Å². The van der Waals surface area contributed by atoms with Crippen molar-refractivity contribution in [2.45, 2.75) is 6.92 Å². The number of aryl methyl sites for hydroxylation is 1. The lowest BCUT2D eigenvalue weighted by molar-refractivity contribution is 0.465. The van der Waals surface area contributed by atoms with Crippen molar-refractivity contribution in [3.05, 3.63) is 52.5 Å². The van der Waals surface area contributed by atoms with E-state index in [2.05, 4.69) is 31.2 Å². The van der Waals surface area contributed by atoms with Gasteiger partial charge >= 0.3 is 0 Å². The van der Waals surface area contributed by atoms with E-state index in [1.807, 2.05) is 49.4 Å². The summed E-state index contributed by atoms with van der Waals surface area (Å²) in [7, 11) is 1.79. The zero-order valence-electron chi connectivity index (χ0n) is 11.7. The minimum absolute atomic E-state index is 0.540. The summed E-state index contributed by atoms with van der Waals surface area (Å²) in [6.45, 7) is 2.00. The minimum Gasteiger partial charge on any atom is -0.438 e. The zero-order chi connectivity index (χ0) is 14.8. The molecule has 0 saturated carbocycles. The standard InChI is InChI=1S/C16H14BrN3O/c1-10-9-11(17)7-8-14(10)21-15-12-5-3-4-6-13(12)19-16(18-2)20-15/h3-9H,1-2H3,(H,18,19,20). The number of halogens is 1. The normalized spacial score (nSPS) is 10.6. The first-order valence-electron chi connectivity index (χ1n) is 6.56. The second-order valence-corrected chi connectivity index (χ2v) is 5.55. The molecule has 3 aromatic rings. The van der Waals surface area contributed by atoms with Gasteiger partial charge in [0.25, 0.3) is 0 Å². The first kappa shape index (κ1) is 13.8. The highest BCUT2D eigenvalue weighted by Crippen LogP contribution is 2.31. The SMILES string of the molecule is CNc1nc(Oc2ccc(Br)cc2C)c2ccccc2n1. The molecule has 0 saturated heterocycles. The third kappa shape index (κ3) is 2.83. The van der Waals surface area contributed by atoms with Gasteiger partial charge in [-0.15, -0.1) is 0 Å². The number of rotatable bonds is 3. The van der Waals surface area contributed by atoms with Crippen LogP contribution in [0.1, 0.15) is 5.56 Å². The molecule has 0 aliphatic carbocycles. The largest absolute Gasteiger partial charge is 0.438 e. The molecule has 5 heteroatoms. The summed E-state index contributed by atoms with van der Waals surface area (Å²) in [5.74, 6) is 1.87. The number of ether oxygens (including phenoxy) is 1. The van der Waals surface area contributed by atoms with E-state index in [4.69, 9.17) is 4.74 Å². The Morgan fingerprint density at radius 3 is 2.67 bits per heavy atom. The van der Waals surface area contributed by atoms with Gasteiger partial charge in [-0.3, -0.25) is 0 Å². The van der Waals surface area contributed by atoms with Crippen LogP contribution in [-0.2, 0) is 0 Å². The predicted molar refractivity (Wildman–Crippen MR) is 88.0 cm³/mol. The number of nitrogens with one attached hydrogen (secondary N) is 1. The summed E-state index contributed by atoms with van der Waals surface area (Å²) in [4.78, 5) is 8.84. The number of fused-ring (bicyclic) bond motifs is 1. The quantitative estimate of drug-likeness (QED) is 0.758. The fourth-order valence-corrected chi connectivity index (χ4v) is 2.54. The van der Waals surface area contributed by atoms with E-state index in [-0.39, 0.29) is 0 Å². The molecule has 1 aromatic heterocycles. The van der Waals surface area contributed by atoms with Gasteiger partial charge in [-0.05, 0) is 42.8 Å². The van der Waals surface area contributed by atoms with Gasteiger partial charge in [0.05, 0.1) is 10.9 Å². The van der Waals surface area contributed by atoms with Crippen molar-refractivity contribution < 1.29 is 4.74 Å². The topological polar surface area (TPSA) is 47.0 Å². The second kappa shape index (κ2) is 5.69. The molecule has 21 heavy (non-hydrogen) atoms. The van der Waals surface area contributed by atoms with Crippen LogP contribution in [-0.4, -0.2) is 17.0 Å². The van der Waals surface area contributed by atoms with Crippen LogP contribution in [0.25, 0.3) is 10.9 Å². The average Bonchev–Trinajstić information content (AvgIpc) is 2.49. The molecule has 3 rings (SSSR count). The van der Waals surface area contributed by atoms with Crippen LogP contribution < -0.4 is 10.1 Å². The van der Waals surface area contributed by atoms with Crippen molar-refractivity contribution >= 4 is 32.8 Å². The van der Waals surface area contributed by atoms with Crippen LogP contribution in [0.2, 0.25) is 0 Å². The molecule has 0 fully saturated rings. The van der Waals surface area contributed by atoms with E-state index in [1.54, 1.807) is 7.05 Å². The maximum atomic E-state index is 6.01. The van der Waals surface area contributed by atoms with E-state index in [9.17, 15) is 0 Å². The molecule has 0 spiro atoms. The molecule has 1 heterocycles. The molecule has 1 N–H and O–H groups in total. The molecule has 0 amide bonds. The van der Waals surface area contributed by atoms with Crippen LogP contribution in [0.15, 0.2) is 46.9 Å². The van der Waals surface area contributed by atoms with Crippen molar-refractivity contribution in [3.8, 4) is 11.6 Å².